The van der Waals surface area contributed by atoms with E-state index in [9.17, 15) is 27.2 Å². The Balaban J connectivity index is 2.02. The Kier molecular flexibility index (Phi) is 6.75. The summed E-state index contributed by atoms with van der Waals surface area (Å²) in [5.41, 5.74) is -5.73. The second-order valence-corrected chi connectivity index (χ2v) is 9.98. The summed E-state index contributed by atoms with van der Waals surface area (Å²) in [6.45, 7) is 8.18. The number of carbonyl (C=O) groups is 2. The molecule has 2 aliphatic carbocycles. The predicted octanol–water partition coefficient (Wildman–Crippen LogP) is 5.75. The number of rotatable bonds is 6. The first-order valence-corrected chi connectivity index (χ1v) is 10.4. The van der Waals surface area contributed by atoms with Crippen LogP contribution in [0.15, 0.2) is 0 Å². The van der Waals surface area contributed by atoms with Gasteiger partial charge >= 0.3 is 18.3 Å². The highest BCUT2D eigenvalue weighted by molar-refractivity contribution is 5.79. The van der Waals surface area contributed by atoms with Crippen molar-refractivity contribution >= 4 is 12.1 Å². The molecule has 2 aliphatic rings. The monoisotopic (exact) mass is 440 g/mol. The fraction of sp³-hybridized carbons (Fsp3) is 0.905. The van der Waals surface area contributed by atoms with Gasteiger partial charge in [0.25, 0.3) is 0 Å². The Bertz CT molecular complexity index is 655. The van der Waals surface area contributed by atoms with Crippen molar-refractivity contribution in [2.75, 3.05) is 0 Å². The van der Waals surface area contributed by atoms with E-state index in [-0.39, 0.29) is 24.2 Å². The molecule has 0 aromatic heterocycles. The van der Waals surface area contributed by atoms with Crippen molar-refractivity contribution < 1.29 is 41.4 Å². The zero-order valence-corrected chi connectivity index (χ0v) is 18.4. The van der Waals surface area contributed by atoms with Crippen LogP contribution in [0, 0.1) is 17.8 Å². The van der Waals surface area contributed by atoms with Gasteiger partial charge in [-0.1, -0.05) is 6.92 Å². The molecule has 6 unspecified atom stereocenters. The van der Waals surface area contributed by atoms with Crippen LogP contribution in [0.1, 0.15) is 73.6 Å². The minimum absolute atomic E-state index is 0.0127. The van der Waals surface area contributed by atoms with Crippen molar-refractivity contribution in [2.24, 2.45) is 17.8 Å². The fourth-order valence-electron chi connectivity index (χ4n) is 4.31. The number of hydrogen-bond acceptors (Lipinski definition) is 5. The van der Waals surface area contributed by atoms with E-state index in [0.717, 1.165) is 13.8 Å². The highest BCUT2D eigenvalue weighted by Gasteiger charge is 2.59. The van der Waals surface area contributed by atoms with Crippen molar-refractivity contribution in [1.29, 1.82) is 0 Å². The molecule has 2 fully saturated rings. The summed E-state index contributed by atoms with van der Waals surface area (Å²) in [6.07, 6.45) is -5.62. The second-order valence-electron chi connectivity index (χ2n) is 9.98. The zero-order valence-electron chi connectivity index (χ0n) is 18.4. The standard InChI is InChI=1S/C21H32F4O5/c1-7-19(5,22)16(26)28-15-10-12-8-13(15)9-14(12)11-20(6,21(23,24)25)30-17(27)29-18(2,3)4/h12-15H,7-11H2,1-6H3. The maximum atomic E-state index is 14.1. The quantitative estimate of drug-likeness (QED) is 0.389. The molecule has 2 rings (SSSR count). The Hall–Kier alpha value is -1.54. The first-order valence-electron chi connectivity index (χ1n) is 10.4. The van der Waals surface area contributed by atoms with E-state index in [1.807, 2.05) is 0 Å². The minimum Gasteiger partial charge on any atom is -0.460 e. The summed E-state index contributed by atoms with van der Waals surface area (Å²) in [7, 11) is 0. The van der Waals surface area contributed by atoms with Crippen molar-refractivity contribution in [2.45, 2.75) is 103 Å². The molecule has 6 atom stereocenters. The van der Waals surface area contributed by atoms with E-state index in [1.54, 1.807) is 6.92 Å². The van der Waals surface area contributed by atoms with Gasteiger partial charge in [-0.15, -0.1) is 0 Å². The molecular formula is C21H32F4O5. The lowest BCUT2D eigenvalue weighted by Gasteiger charge is -2.37. The zero-order chi connectivity index (χ0) is 23.1. The van der Waals surface area contributed by atoms with Crippen LogP contribution in [0.25, 0.3) is 0 Å². The number of ether oxygens (including phenoxy) is 3. The van der Waals surface area contributed by atoms with Gasteiger partial charge in [0.15, 0.2) is 0 Å². The maximum Gasteiger partial charge on any atom is 0.509 e. The molecule has 2 bridgehead atoms. The third kappa shape index (κ3) is 5.58. The number of esters is 1. The topological polar surface area (TPSA) is 61.8 Å². The van der Waals surface area contributed by atoms with Crippen molar-refractivity contribution in [3.05, 3.63) is 0 Å². The molecular weight excluding hydrogens is 408 g/mol. The molecule has 0 saturated heterocycles. The molecule has 0 spiro atoms. The summed E-state index contributed by atoms with van der Waals surface area (Å²) in [5.74, 6) is -1.49. The Morgan fingerprint density at radius 2 is 1.50 bits per heavy atom. The number of hydrogen-bond donors (Lipinski definition) is 0. The molecule has 0 radical (unpaired) electrons. The first kappa shape index (κ1) is 24.7. The molecule has 2 saturated carbocycles. The Morgan fingerprint density at radius 3 is 1.93 bits per heavy atom. The first-order chi connectivity index (χ1) is 13.5. The Morgan fingerprint density at radius 1 is 0.900 bits per heavy atom. The lowest BCUT2D eigenvalue weighted by molar-refractivity contribution is -0.265. The third-order valence-corrected chi connectivity index (χ3v) is 6.24. The third-order valence-electron chi connectivity index (χ3n) is 6.24. The largest absolute Gasteiger partial charge is 0.509 e. The lowest BCUT2D eigenvalue weighted by atomic mass is 9.79. The molecule has 0 aromatic carbocycles. The van der Waals surface area contributed by atoms with Gasteiger partial charge in [0.2, 0.25) is 11.3 Å². The molecule has 0 N–H and O–H groups in total. The van der Waals surface area contributed by atoms with Crippen LogP contribution in [0.5, 0.6) is 0 Å². The molecule has 0 heterocycles. The van der Waals surface area contributed by atoms with Crippen LogP contribution in [0.4, 0.5) is 22.4 Å². The summed E-state index contributed by atoms with van der Waals surface area (Å²) in [4.78, 5) is 23.9. The fourth-order valence-corrected chi connectivity index (χ4v) is 4.31. The van der Waals surface area contributed by atoms with Crippen LogP contribution < -0.4 is 0 Å². The smallest absolute Gasteiger partial charge is 0.460 e. The van der Waals surface area contributed by atoms with Gasteiger partial charge < -0.3 is 14.2 Å². The van der Waals surface area contributed by atoms with Crippen LogP contribution >= 0.6 is 0 Å². The minimum atomic E-state index is -4.77. The van der Waals surface area contributed by atoms with Gasteiger partial charge in [0.05, 0.1) is 0 Å². The molecule has 174 valence electrons. The maximum absolute atomic E-state index is 14.1. The average molecular weight is 440 g/mol. The van der Waals surface area contributed by atoms with E-state index in [2.05, 4.69) is 0 Å². The number of carbonyl (C=O) groups excluding carboxylic acids is 2. The molecule has 30 heavy (non-hydrogen) atoms. The van der Waals surface area contributed by atoms with E-state index in [1.165, 1.54) is 20.8 Å². The number of fused-ring (bicyclic) bond motifs is 2. The molecule has 5 nitrogen and oxygen atoms in total. The van der Waals surface area contributed by atoms with Gasteiger partial charge in [-0.05, 0) is 84.5 Å². The van der Waals surface area contributed by atoms with Gasteiger partial charge in [-0.3, -0.25) is 0 Å². The Labute approximate surface area is 174 Å². The van der Waals surface area contributed by atoms with Crippen molar-refractivity contribution in [3.63, 3.8) is 0 Å². The second kappa shape index (κ2) is 8.19. The molecule has 0 aromatic rings. The lowest BCUT2D eigenvalue weighted by Crippen LogP contribution is -2.49. The van der Waals surface area contributed by atoms with Crippen molar-refractivity contribution in [1.82, 2.24) is 0 Å². The normalized spacial score (nSPS) is 30.3. The van der Waals surface area contributed by atoms with E-state index < -0.39 is 47.7 Å². The highest BCUT2D eigenvalue weighted by atomic mass is 19.4. The SMILES string of the molecule is CCC(C)(F)C(=O)OC1CC2CC1CC2CC(C)(OC(=O)OC(C)(C)C)C(F)(F)F. The van der Waals surface area contributed by atoms with Gasteiger partial charge in [0.1, 0.15) is 11.7 Å². The van der Waals surface area contributed by atoms with E-state index in [0.29, 0.717) is 19.3 Å². The number of alkyl halides is 4. The number of halogens is 4. The van der Waals surface area contributed by atoms with E-state index >= 15 is 0 Å². The highest BCUT2D eigenvalue weighted by Crippen LogP contribution is 2.54. The van der Waals surface area contributed by atoms with Crippen LogP contribution in [0.2, 0.25) is 0 Å². The average Bonchev–Trinajstić information content (AvgIpc) is 3.11. The molecule has 0 amide bonds. The van der Waals surface area contributed by atoms with Gasteiger partial charge in [-0.2, -0.15) is 13.2 Å². The van der Waals surface area contributed by atoms with Crippen LogP contribution in [-0.2, 0) is 19.0 Å². The molecule has 9 heteroatoms. The predicted molar refractivity (Wildman–Crippen MR) is 100 cm³/mol. The van der Waals surface area contributed by atoms with E-state index in [4.69, 9.17) is 14.2 Å². The van der Waals surface area contributed by atoms with Gasteiger partial charge in [0, 0.05) is 0 Å². The van der Waals surface area contributed by atoms with Gasteiger partial charge in [-0.25, -0.2) is 14.0 Å². The van der Waals surface area contributed by atoms with Crippen molar-refractivity contribution in [3.8, 4) is 0 Å². The van der Waals surface area contributed by atoms with Crippen LogP contribution in [-0.4, -0.2) is 41.3 Å². The molecule has 0 aliphatic heterocycles. The summed E-state index contributed by atoms with van der Waals surface area (Å²) in [5, 5.41) is 0. The van der Waals surface area contributed by atoms with Crippen LogP contribution in [0.3, 0.4) is 0 Å². The summed E-state index contributed by atoms with van der Waals surface area (Å²) in [6, 6.07) is 0. The summed E-state index contributed by atoms with van der Waals surface area (Å²) < 4.78 is 70.4. The summed E-state index contributed by atoms with van der Waals surface area (Å²) >= 11 is 0.